The van der Waals surface area contributed by atoms with Gasteiger partial charge < -0.3 is 16.1 Å². The number of hydrogen-bond acceptors (Lipinski definition) is 5. The van der Waals surface area contributed by atoms with Gasteiger partial charge in [-0.1, -0.05) is 36.4 Å². The molecular formula is C14H10N4O5. The van der Waals surface area contributed by atoms with Crippen LogP contribution >= 0.6 is 0 Å². The molecule has 116 valence electrons. The number of aromatic nitrogens is 3. The summed E-state index contributed by atoms with van der Waals surface area (Å²) in [6.45, 7) is 0. The minimum absolute atomic E-state index is 0.000111. The molecule has 0 fully saturated rings. The highest BCUT2D eigenvalue weighted by atomic mass is 16.8. The second kappa shape index (κ2) is 5.30. The first-order valence-electron chi connectivity index (χ1n) is 6.45. The smallest absolute Gasteiger partial charge is 0.439 e. The third kappa shape index (κ3) is 2.29. The van der Waals surface area contributed by atoms with Crippen LogP contribution in [-0.4, -0.2) is 16.8 Å². The predicted molar refractivity (Wildman–Crippen MR) is 75.9 cm³/mol. The predicted octanol–water partition coefficient (Wildman–Crippen LogP) is -0.354. The molecule has 1 heterocycles. The van der Waals surface area contributed by atoms with Gasteiger partial charge in [0.2, 0.25) is 0 Å². The van der Waals surface area contributed by atoms with Crippen LogP contribution in [0.2, 0.25) is 0 Å². The van der Waals surface area contributed by atoms with Crippen molar-refractivity contribution in [2.75, 3.05) is 0 Å². The van der Waals surface area contributed by atoms with E-state index in [9.17, 15) is 20.0 Å². The molecule has 3 aromatic rings. The maximum absolute atomic E-state index is 12.6. The third-order valence-corrected chi connectivity index (χ3v) is 3.18. The first-order chi connectivity index (χ1) is 11.0. The quantitative estimate of drug-likeness (QED) is 0.401. The van der Waals surface area contributed by atoms with E-state index < -0.39 is 11.9 Å². The molecule has 2 aromatic carbocycles. The van der Waals surface area contributed by atoms with Crippen molar-refractivity contribution in [3.05, 3.63) is 70.1 Å². The van der Waals surface area contributed by atoms with E-state index in [-0.39, 0.29) is 31.2 Å². The van der Waals surface area contributed by atoms with Gasteiger partial charge in [0.25, 0.3) is 4.96 Å². The number of benzene rings is 2. The minimum Gasteiger partial charge on any atom is -0.589 e. The Labute approximate surface area is 128 Å². The summed E-state index contributed by atoms with van der Waals surface area (Å²) >= 11 is 0. The van der Waals surface area contributed by atoms with E-state index in [1.54, 1.807) is 30.3 Å². The van der Waals surface area contributed by atoms with Crippen molar-refractivity contribution in [1.82, 2.24) is 4.96 Å². The maximum atomic E-state index is 12.6. The highest BCUT2D eigenvalue weighted by molar-refractivity contribution is 6.14. The number of fused-ring (bicyclic) bond motifs is 1. The molecule has 0 saturated carbocycles. The molecule has 1 aromatic heterocycles. The average Bonchev–Trinajstić information content (AvgIpc) is 2.80. The van der Waals surface area contributed by atoms with E-state index in [2.05, 4.69) is 4.84 Å². The summed E-state index contributed by atoms with van der Waals surface area (Å²) in [7, 11) is 0. The van der Waals surface area contributed by atoms with Gasteiger partial charge >= 0.3 is 17.1 Å². The molecular weight excluding hydrogens is 304 g/mol. The van der Waals surface area contributed by atoms with E-state index in [1.807, 2.05) is 0 Å². The van der Waals surface area contributed by atoms with Crippen LogP contribution in [0, 0.1) is 10.4 Å². The number of hydrogen-bond donors (Lipinski definition) is 1. The van der Waals surface area contributed by atoms with E-state index in [1.165, 1.54) is 18.2 Å². The molecule has 0 aliphatic carbocycles. The van der Waals surface area contributed by atoms with Crippen molar-refractivity contribution in [1.29, 1.82) is 0 Å². The molecule has 9 heteroatoms. The first-order valence-corrected chi connectivity index (χ1v) is 6.45. The number of nitrogens with zero attached hydrogens (tertiary/aromatic N) is 3. The summed E-state index contributed by atoms with van der Waals surface area (Å²) in [4.78, 5) is 27.8. The van der Waals surface area contributed by atoms with Gasteiger partial charge in [-0.05, 0) is 6.07 Å². The number of rotatable bonds is 3. The largest absolute Gasteiger partial charge is 0.589 e. The Hall–Kier alpha value is -3.62. The van der Waals surface area contributed by atoms with Crippen LogP contribution in [0.25, 0.3) is 11.0 Å². The zero-order valence-electron chi connectivity index (χ0n) is 11.6. The number of carbonyl (C=O) groups is 2. The number of para-hydroxylation sites is 1. The zero-order chi connectivity index (χ0) is 16.6. The second-order valence-electron chi connectivity index (χ2n) is 4.58. The fourth-order valence-electron chi connectivity index (χ4n) is 2.22. The molecule has 0 bridgehead atoms. The van der Waals surface area contributed by atoms with E-state index in [0.29, 0.717) is 5.56 Å². The first kappa shape index (κ1) is 14.3. The summed E-state index contributed by atoms with van der Waals surface area (Å²) < 4.78 is 0. The van der Waals surface area contributed by atoms with Gasteiger partial charge in [0.1, 0.15) is 5.56 Å². The molecule has 0 aliphatic rings. The Kier molecular flexibility index (Phi) is 3.30. The number of amides is 1. The summed E-state index contributed by atoms with van der Waals surface area (Å²) in [5.41, 5.74) is 4.81. The Morgan fingerprint density at radius 2 is 1.70 bits per heavy atom. The van der Waals surface area contributed by atoms with Crippen LogP contribution in [0.5, 0.6) is 0 Å². The van der Waals surface area contributed by atoms with Crippen LogP contribution < -0.4 is 20.3 Å². The summed E-state index contributed by atoms with van der Waals surface area (Å²) in [5.74, 6) is -0.447. The van der Waals surface area contributed by atoms with Gasteiger partial charge in [0, 0.05) is 21.3 Å². The number of ketones is 1. The maximum Gasteiger partial charge on any atom is 0.439 e. The van der Waals surface area contributed by atoms with Crippen molar-refractivity contribution >= 4 is 22.9 Å². The molecule has 0 saturated heterocycles. The molecule has 3 rings (SSSR count). The average molecular weight is 314 g/mol. The highest BCUT2D eigenvalue weighted by Crippen LogP contribution is 2.16. The van der Waals surface area contributed by atoms with Gasteiger partial charge in [-0.2, -0.15) is 0 Å². The molecule has 0 aliphatic heterocycles. The van der Waals surface area contributed by atoms with E-state index >= 15 is 0 Å². The normalized spacial score (nSPS) is 10.6. The Morgan fingerprint density at radius 3 is 2.35 bits per heavy atom. The molecule has 0 atom stereocenters. The fraction of sp³-hybridized carbons (Fsp3) is 0. The molecule has 0 unspecified atom stereocenters. The van der Waals surface area contributed by atoms with Gasteiger partial charge in [-0.25, -0.2) is 9.63 Å². The standard InChI is InChI=1S/C14H10N4O5/c15-14(20)23-18-16(21)11-8-4-7-10(12(11)17(18)22)13(19)9-5-2-1-3-6-9/h1-8H,(H2,15,20). The van der Waals surface area contributed by atoms with Crippen LogP contribution in [0.1, 0.15) is 15.9 Å². The Bertz CT molecular complexity index is 920. The summed E-state index contributed by atoms with van der Waals surface area (Å²) in [6.07, 6.45) is -1.34. The summed E-state index contributed by atoms with van der Waals surface area (Å²) in [5, 5.41) is 24.2. The summed E-state index contributed by atoms with van der Waals surface area (Å²) in [6, 6.07) is 12.4. The lowest BCUT2D eigenvalue weighted by Crippen LogP contribution is -2.56. The monoisotopic (exact) mass is 314 g/mol. The van der Waals surface area contributed by atoms with Gasteiger partial charge in [0.15, 0.2) is 5.78 Å². The van der Waals surface area contributed by atoms with Crippen LogP contribution in [0.15, 0.2) is 48.5 Å². The number of nitrogens with two attached hydrogens (primary N) is 1. The highest BCUT2D eigenvalue weighted by Gasteiger charge is 2.32. The molecule has 23 heavy (non-hydrogen) atoms. The van der Waals surface area contributed by atoms with Crippen molar-refractivity contribution in [2.45, 2.75) is 0 Å². The van der Waals surface area contributed by atoms with E-state index in [0.717, 1.165) is 0 Å². The molecule has 0 radical (unpaired) electrons. The van der Waals surface area contributed by atoms with Crippen molar-refractivity contribution in [2.24, 2.45) is 5.73 Å². The Morgan fingerprint density at radius 1 is 1.00 bits per heavy atom. The minimum atomic E-state index is -1.34. The second-order valence-corrected chi connectivity index (χ2v) is 4.58. The van der Waals surface area contributed by atoms with Crippen LogP contribution in [0.4, 0.5) is 4.79 Å². The van der Waals surface area contributed by atoms with Gasteiger partial charge in [-0.15, -0.1) is 0 Å². The fourth-order valence-corrected chi connectivity index (χ4v) is 2.22. The number of primary amides is 1. The molecule has 1 amide bonds. The third-order valence-electron chi connectivity index (χ3n) is 3.18. The topological polar surface area (TPSA) is 128 Å². The number of carbonyl (C=O) groups excluding carboxylic acids is 2. The molecule has 0 spiro atoms. The lowest BCUT2D eigenvalue weighted by Gasteiger charge is -1.99. The van der Waals surface area contributed by atoms with Crippen molar-refractivity contribution in [3.63, 3.8) is 0 Å². The molecule has 9 nitrogen and oxygen atoms in total. The lowest BCUT2D eigenvalue weighted by molar-refractivity contribution is -0.873. The van der Waals surface area contributed by atoms with Crippen molar-refractivity contribution in [3.8, 4) is 0 Å². The van der Waals surface area contributed by atoms with Crippen molar-refractivity contribution < 1.29 is 24.1 Å². The SMILES string of the molecule is NC(=O)On1[n+]([O-])c2cccc(C(=O)c3ccccc3)c2[n+]1[O-]. The van der Waals surface area contributed by atoms with Gasteiger partial charge in [-0.3, -0.25) is 4.79 Å². The Balaban J connectivity index is 2.23. The molecule has 2 N–H and O–H groups in total. The van der Waals surface area contributed by atoms with Crippen LogP contribution in [-0.2, 0) is 0 Å². The zero-order valence-corrected chi connectivity index (χ0v) is 11.6. The lowest BCUT2D eigenvalue weighted by atomic mass is 10.0. The van der Waals surface area contributed by atoms with Crippen LogP contribution in [0.3, 0.4) is 0 Å². The van der Waals surface area contributed by atoms with E-state index in [4.69, 9.17) is 5.73 Å². The van der Waals surface area contributed by atoms with Gasteiger partial charge in [0.05, 0.1) is 0 Å².